The molecule has 3 aromatic rings. The summed E-state index contributed by atoms with van der Waals surface area (Å²) in [6.45, 7) is 3.25. The summed E-state index contributed by atoms with van der Waals surface area (Å²) in [5, 5.41) is 14.5. The topological polar surface area (TPSA) is 174 Å². The van der Waals surface area contributed by atoms with Gasteiger partial charge >= 0.3 is 13.9 Å². The molecule has 0 saturated heterocycles. The number of anilines is 2. The molecule has 1 fully saturated rings. The highest BCUT2D eigenvalue weighted by atomic mass is 31.2. The number of hydrogen-bond donors (Lipinski definition) is 4. The van der Waals surface area contributed by atoms with Gasteiger partial charge in [0.05, 0.1) is 18.0 Å². The highest BCUT2D eigenvalue weighted by Gasteiger charge is 2.39. The second-order valence-electron chi connectivity index (χ2n) is 8.93. The summed E-state index contributed by atoms with van der Waals surface area (Å²) in [5.41, 5.74) is 1.73. The van der Waals surface area contributed by atoms with Crippen LogP contribution in [0.3, 0.4) is 0 Å². The highest BCUT2D eigenvalue weighted by Crippen LogP contribution is 2.40. The number of alkyl carbamates (subject to hydrolysis) is 1. The number of amides is 1. The molecule has 14 nitrogen and oxygen atoms in total. The van der Waals surface area contributed by atoms with Crippen LogP contribution in [0.4, 0.5) is 20.8 Å². The Bertz CT molecular complexity index is 1290. The summed E-state index contributed by atoms with van der Waals surface area (Å²) < 4.78 is 43.9. The number of aromatic nitrogens is 5. The number of carbonyl (C=O) groups excluding carboxylic acids is 1. The average Bonchev–Trinajstić information content (AvgIpc) is 3.49. The van der Waals surface area contributed by atoms with E-state index in [4.69, 9.17) is 9.47 Å². The van der Waals surface area contributed by atoms with Crippen molar-refractivity contribution in [3.05, 3.63) is 35.9 Å². The van der Waals surface area contributed by atoms with Crippen molar-refractivity contribution in [1.29, 1.82) is 0 Å². The Morgan fingerprint density at radius 1 is 1.30 bits per heavy atom. The minimum Gasteiger partial charge on any atom is -0.443 e. The second-order valence-corrected chi connectivity index (χ2v) is 10.2. The van der Waals surface area contributed by atoms with Crippen molar-refractivity contribution >= 4 is 31.1 Å². The molecule has 4 rings (SSSR count). The number of nitrogens with one attached hydrogen (secondary N) is 2. The minimum absolute atomic E-state index is 0.0618. The first-order valence-corrected chi connectivity index (χ1v) is 13.0. The van der Waals surface area contributed by atoms with Gasteiger partial charge in [-0.25, -0.2) is 27.9 Å². The fourth-order valence-corrected chi connectivity index (χ4v) is 4.35. The van der Waals surface area contributed by atoms with Crippen molar-refractivity contribution in [2.75, 3.05) is 12.4 Å². The van der Waals surface area contributed by atoms with Crippen LogP contribution in [0.5, 0.6) is 0 Å². The lowest BCUT2D eigenvalue weighted by Crippen LogP contribution is -2.35. The van der Waals surface area contributed by atoms with E-state index in [9.17, 15) is 23.5 Å². The Morgan fingerprint density at radius 3 is 2.78 bits per heavy atom. The monoisotopic (exact) mass is 541 g/mol. The molecular formula is C21H29FN7O7P. The van der Waals surface area contributed by atoms with Gasteiger partial charge in [-0.2, -0.15) is 10.2 Å². The van der Waals surface area contributed by atoms with Crippen molar-refractivity contribution in [2.24, 2.45) is 0 Å². The van der Waals surface area contributed by atoms with Gasteiger partial charge in [0.25, 0.3) is 0 Å². The van der Waals surface area contributed by atoms with Gasteiger partial charge in [-0.3, -0.25) is 4.52 Å². The van der Waals surface area contributed by atoms with Crippen LogP contribution >= 0.6 is 7.82 Å². The molecule has 0 unspecified atom stereocenters. The molecule has 1 amide bonds. The fraction of sp³-hybridized carbons (Fsp3) is 0.524. The van der Waals surface area contributed by atoms with Gasteiger partial charge in [-0.15, -0.1) is 0 Å². The van der Waals surface area contributed by atoms with E-state index in [0.717, 1.165) is 0 Å². The van der Waals surface area contributed by atoms with E-state index in [1.165, 1.54) is 10.9 Å². The molecule has 0 bridgehead atoms. The van der Waals surface area contributed by atoms with Gasteiger partial charge in [-0.1, -0.05) is 0 Å². The van der Waals surface area contributed by atoms with Crippen LogP contribution in [-0.4, -0.2) is 65.7 Å². The Hall–Kier alpha value is -3.10. The van der Waals surface area contributed by atoms with E-state index in [1.54, 1.807) is 43.8 Å². The first-order chi connectivity index (χ1) is 17.5. The number of halogens is 1. The number of carbonyl (C=O) groups is 1. The van der Waals surface area contributed by atoms with Gasteiger partial charge in [0.2, 0.25) is 0 Å². The molecule has 37 heavy (non-hydrogen) atoms. The lowest BCUT2D eigenvalue weighted by Gasteiger charge is -2.16. The summed E-state index contributed by atoms with van der Waals surface area (Å²) in [6.07, 6.45) is 0.413. The van der Waals surface area contributed by atoms with Gasteiger partial charge in [0.1, 0.15) is 23.6 Å². The Balaban J connectivity index is 1.58. The van der Waals surface area contributed by atoms with E-state index in [0.29, 0.717) is 35.1 Å². The minimum atomic E-state index is -4.80. The van der Waals surface area contributed by atoms with Crippen molar-refractivity contribution < 1.29 is 37.5 Å². The van der Waals surface area contributed by atoms with Gasteiger partial charge < -0.3 is 29.9 Å². The quantitative estimate of drug-likeness (QED) is 0.278. The number of rotatable bonds is 10. The normalized spacial score (nSPS) is 20.0. The zero-order valence-electron chi connectivity index (χ0n) is 20.4. The molecule has 3 atom stereocenters. The number of nitrogens with zero attached hydrogens (tertiary/aromatic N) is 5. The number of fused-ring (bicyclic) bond motifs is 1. The third kappa shape index (κ3) is 6.81. The molecule has 0 spiro atoms. The van der Waals surface area contributed by atoms with E-state index < -0.39 is 38.8 Å². The molecule has 1 aliphatic rings. The first-order valence-electron chi connectivity index (χ1n) is 11.5. The van der Waals surface area contributed by atoms with Crippen molar-refractivity contribution in [2.45, 2.75) is 64.3 Å². The van der Waals surface area contributed by atoms with Crippen molar-refractivity contribution in [3.63, 3.8) is 0 Å². The van der Waals surface area contributed by atoms with Crippen molar-refractivity contribution in [1.82, 2.24) is 29.7 Å². The van der Waals surface area contributed by atoms with E-state index in [1.807, 2.05) is 0 Å². The number of alkyl halides is 1. The number of hydrogen-bond acceptors (Lipinski definition) is 9. The molecule has 0 aromatic carbocycles. The van der Waals surface area contributed by atoms with Gasteiger partial charge in [0.15, 0.2) is 12.5 Å². The van der Waals surface area contributed by atoms with Crippen LogP contribution in [0.25, 0.3) is 5.52 Å². The Morgan fingerprint density at radius 2 is 2.08 bits per heavy atom. The third-order valence-corrected chi connectivity index (χ3v) is 6.09. The largest absolute Gasteiger partial charge is 0.471 e. The maximum Gasteiger partial charge on any atom is 0.471 e. The van der Waals surface area contributed by atoms with Gasteiger partial charge in [-0.05, 0) is 32.8 Å². The first kappa shape index (κ1) is 26.9. The highest BCUT2D eigenvalue weighted by molar-refractivity contribution is 7.46. The van der Waals surface area contributed by atoms with Crippen LogP contribution < -0.4 is 10.6 Å². The standard InChI is InChI=1S/C21H29FN7O7P/c1-12(2)24-21(30)36-18-7-13(6-15(18)22)16-9-19(29(27-16)11-35-37(31,32)33)25-20-17-8-14(10-34-3)26-28(17)5-4-23-20/h4-5,8-9,12-13,15,18H,6-7,10-11H2,1-3H3,(H,23,25)(H,24,30)(H2,31,32,33)/t13-,15+,18-/m0/s1. The molecule has 3 heterocycles. The molecule has 4 N–H and O–H groups in total. The second kappa shape index (κ2) is 11.1. The number of methoxy groups -OCH3 is 1. The predicted molar refractivity (Wildman–Crippen MR) is 128 cm³/mol. The molecule has 0 radical (unpaired) electrons. The maximum atomic E-state index is 14.7. The Kier molecular flexibility index (Phi) is 8.09. The number of ether oxygens (including phenoxy) is 2. The van der Waals surface area contributed by atoms with Crippen LogP contribution in [0.1, 0.15) is 44.0 Å². The molecular weight excluding hydrogens is 512 g/mol. The van der Waals surface area contributed by atoms with Crippen LogP contribution in [-0.2, 0) is 31.9 Å². The molecule has 1 saturated carbocycles. The van der Waals surface area contributed by atoms with E-state index in [2.05, 4.69) is 30.3 Å². The lowest BCUT2D eigenvalue weighted by atomic mass is 10.0. The predicted octanol–water partition coefficient (Wildman–Crippen LogP) is 2.60. The van der Waals surface area contributed by atoms with Crippen molar-refractivity contribution in [3.8, 4) is 0 Å². The summed E-state index contributed by atoms with van der Waals surface area (Å²) >= 11 is 0. The van der Waals surface area contributed by atoms with Crippen LogP contribution in [0, 0.1) is 0 Å². The van der Waals surface area contributed by atoms with E-state index in [-0.39, 0.29) is 18.9 Å². The zero-order valence-corrected chi connectivity index (χ0v) is 21.3. The summed E-state index contributed by atoms with van der Waals surface area (Å²) in [5.74, 6) is 0.286. The molecule has 0 aliphatic heterocycles. The summed E-state index contributed by atoms with van der Waals surface area (Å²) in [7, 11) is -3.24. The smallest absolute Gasteiger partial charge is 0.443 e. The Labute approximate surface area is 211 Å². The maximum absolute atomic E-state index is 14.7. The van der Waals surface area contributed by atoms with E-state index >= 15 is 0 Å². The van der Waals surface area contributed by atoms with Crippen LogP contribution in [0.2, 0.25) is 0 Å². The SMILES string of the molecule is COCc1cc2c(Nc3cc([C@H]4C[C@@H](F)[C@@H](OC(=O)NC(C)C)C4)nn3COP(=O)(O)O)nccn2n1. The fourth-order valence-electron chi connectivity index (χ4n) is 4.09. The molecule has 202 valence electrons. The molecule has 1 aliphatic carbocycles. The molecule has 16 heteroatoms. The summed E-state index contributed by atoms with van der Waals surface area (Å²) in [4.78, 5) is 34.6. The third-order valence-electron chi connectivity index (χ3n) is 5.64. The average molecular weight is 541 g/mol. The number of phosphoric acid groups is 1. The lowest BCUT2D eigenvalue weighted by molar-refractivity contribution is 0.0593. The summed E-state index contributed by atoms with van der Waals surface area (Å²) in [6, 6.07) is 3.25. The zero-order chi connectivity index (χ0) is 26.7. The molecule has 3 aromatic heterocycles. The van der Waals surface area contributed by atoms with Crippen LogP contribution in [0.15, 0.2) is 24.5 Å². The van der Waals surface area contributed by atoms with Gasteiger partial charge in [0, 0.05) is 37.5 Å². The number of phosphoric ester groups is 1.